The number of rotatable bonds is 4. The lowest BCUT2D eigenvalue weighted by atomic mass is 9.98. The normalized spacial score (nSPS) is 13.7. The van der Waals surface area contributed by atoms with Crippen LogP contribution >= 0.6 is 15.9 Å². The molecule has 1 rings (SSSR count). The summed E-state index contributed by atoms with van der Waals surface area (Å²) >= 11 is 3.31. The van der Waals surface area contributed by atoms with E-state index in [1.54, 1.807) is 31.9 Å². The molecule has 1 unspecified atom stereocenters. The summed E-state index contributed by atoms with van der Waals surface area (Å²) < 4.78 is 13.7. The average molecular weight is 318 g/mol. The van der Waals surface area contributed by atoms with Crippen LogP contribution in [0.15, 0.2) is 22.7 Å². The number of halogens is 2. The minimum absolute atomic E-state index is 0.147. The molecule has 0 radical (unpaired) electrons. The van der Waals surface area contributed by atoms with E-state index in [0.717, 1.165) is 5.56 Å². The Hall–Kier alpha value is -0.940. The number of hydrogen-bond donors (Lipinski definition) is 1. The second-order valence-electron chi connectivity index (χ2n) is 4.82. The van der Waals surface area contributed by atoms with Crippen LogP contribution in [0.1, 0.15) is 32.4 Å². The highest BCUT2D eigenvalue weighted by Crippen LogP contribution is 2.31. The first-order chi connectivity index (χ1) is 8.17. The Kier molecular flexibility index (Phi) is 4.50. The van der Waals surface area contributed by atoms with E-state index in [-0.39, 0.29) is 11.9 Å². The first kappa shape index (κ1) is 15.1. The Morgan fingerprint density at radius 2 is 2.06 bits per heavy atom. The SMILES string of the molecule is CC(c1ccc(F)cc1Br)N(C)C(C)(C)C(=O)O. The van der Waals surface area contributed by atoms with Crippen LogP contribution in [0.2, 0.25) is 0 Å². The van der Waals surface area contributed by atoms with Crippen molar-refractivity contribution in [1.82, 2.24) is 4.90 Å². The van der Waals surface area contributed by atoms with Crippen molar-refractivity contribution in [2.45, 2.75) is 32.4 Å². The van der Waals surface area contributed by atoms with Crippen LogP contribution < -0.4 is 0 Å². The highest BCUT2D eigenvalue weighted by molar-refractivity contribution is 9.10. The zero-order chi connectivity index (χ0) is 14.1. The molecule has 0 fully saturated rings. The average Bonchev–Trinajstić information content (AvgIpc) is 2.26. The summed E-state index contributed by atoms with van der Waals surface area (Å²) in [6.45, 7) is 5.18. The summed E-state index contributed by atoms with van der Waals surface area (Å²) in [7, 11) is 1.74. The van der Waals surface area contributed by atoms with Gasteiger partial charge in [0.1, 0.15) is 11.4 Å². The van der Waals surface area contributed by atoms with E-state index in [1.807, 2.05) is 6.92 Å². The molecule has 3 nitrogen and oxygen atoms in total. The largest absolute Gasteiger partial charge is 0.480 e. The Labute approximate surface area is 115 Å². The molecule has 1 aromatic carbocycles. The number of hydrogen-bond acceptors (Lipinski definition) is 2. The van der Waals surface area contributed by atoms with Gasteiger partial charge in [0.05, 0.1) is 0 Å². The first-order valence-electron chi connectivity index (χ1n) is 5.59. The molecule has 0 amide bonds. The van der Waals surface area contributed by atoms with Gasteiger partial charge in [-0.25, -0.2) is 4.39 Å². The zero-order valence-electron chi connectivity index (χ0n) is 10.9. The predicted octanol–water partition coefficient (Wildman–Crippen LogP) is 3.44. The van der Waals surface area contributed by atoms with Crippen molar-refractivity contribution in [3.8, 4) is 0 Å². The van der Waals surface area contributed by atoms with Crippen LogP contribution in [0.3, 0.4) is 0 Å². The van der Waals surface area contributed by atoms with Crippen molar-refractivity contribution < 1.29 is 14.3 Å². The summed E-state index contributed by atoms with van der Waals surface area (Å²) in [6, 6.07) is 4.27. The summed E-state index contributed by atoms with van der Waals surface area (Å²) in [5.41, 5.74) is -0.138. The fourth-order valence-electron chi connectivity index (χ4n) is 1.68. The summed E-state index contributed by atoms with van der Waals surface area (Å²) in [5.74, 6) is -1.21. The molecule has 0 aliphatic rings. The van der Waals surface area contributed by atoms with Gasteiger partial charge in [-0.3, -0.25) is 9.69 Å². The lowest BCUT2D eigenvalue weighted by Gasteiger charge is -2.36. The number of aliphatic carboxylic acids is 1. The molecular weight excluding hydrogens is 301 g/mol. The molecule has 100 valence electrons. The first-order valence-corrected chi connectivity index (χ1v) is 6.38. The van der Waals surface area contributed by atoms with Gasteiger partial charge in [0.15, 0.2) is 0 Å². The van der Waals surface area contributed by atoms with Crippen molar-refractivity contribution in [3.05, 3.63) is 34.1 Å². The minimum atomic E-state index is -0.993. The Morgan fingerprint density at radius 1 is 1.50 bits per heavy atom. The van der Waals surface area contributed by atoms with Gasteiger partial charge in [-0.1, -0.05) is 22.0 Å². The van der Waals surface area contributed by atoms with Gasteiger partial charge < -0.3 is 5.11 Å². The third-order valence-electron chi connectivity index (χ3n) is 3.40. The van der Waals surface area contributed by atoms with E-state index in [9.17, 15) is 14.3 Å². The van der Waals surface area contributed by atoms with E-state index in [1.165, 1.54) is 12.1 Å². The molecule has 5 heteroatoms. The van der Waals surface area contributed by atoms with E-state index in [2.05, 4.69) is 15.9 Å². The minimum Gasteiger partial charge on any atom is -0.480 e. The molecule has 1 atom stereocenters. The molecule has 0 aliphatic carbocycles. The maximum atomic E-state index is 13.0. The lowest BCUT2D eigenvalue weighted by Crippen LogP contribution is -2.48. The maximum Gasteiger partial charge on any atom is 0.323 e. The number of carbonyl (C=O) groups is 1. The van der Waals surface area contributed by atoms with Gasteiger partial charge in [0.2, 0.25) is 0 Å². The van der Waals surface area contributed by atoms with Gasteiger partial charge in [-0.05, 0) is 45.5 Å². The Morgan fingerprint density at radius 3 is 2.50 bits per heavy atom. The molecule has 0 saturated carbocycles. The highest BCUT2D eigenvalue weighted by Gasteiger charge is 2.35. The van der Waals surface area contributed by atoms with Crippen molar-refractivity contribution >= 4 is 21.9 Å². The third-order valence-corrected chi connectivity index (χ3v) is 4.09. The van der Waals surface area contributed by atoms with Crippen molar-refractivity contribution in [3.63, 3.8) is 0 Å². The van der Waals surface area contributed by atoms with Gasteiger partial charge in [0, 0.05) is 10.5 Å². The fourth-order valence-corrected chi connectivity index (χ4v) is 2.37. The van der Waals surface area contributed by atoms with Gasteiger partial charge in [0.25, 0.3) is 0 Å². The molecule has 0 spiro atoms. The Balaban J connectivity index is 3.07. The highest BCUT2D eigenvalue weighted by atomic mass is 79.9. The molecule has 0 bridgehead atoms. The molecule has 0 saturated heterocycles. The van der Waals surface area contributed by atoms with Crippen molar-refractivity contribution in [2.75, 3.05) is 7.05 Å². The summed E-state index contributed by atoms with van der Waals surface area (Å²) in [6.07, 6.45) is 0. The fraction of sp³-hybridized carbons (Fsp3) is 0.462. The number of carboxylic acid groups (broad SMARTS) is 1. The van der Waals surface area contributed by atoms with E-state index in [4.69, 9.17) is 0 Å². The number of carboxylic acids is 1. The van der Waals surface area contributed by atoms with Gasteiger partial charge >= 0.3 is 5.97 Å². The van der Waals surface area contributed by atoms with Crippen LogP contribution in [-0.2, 0) is 4.79 Å². The smallest absolute Gasteiger partial charge is 0.323 e. The van der Waals surface area contributed by atoms with Gasteiger partial charge in [-0.2, -0.15) is 0 Å². The Bertz CT molecular complexity index is 462. The number of likely N-dealkylation sites (N-methyl/N-ethyl adjacent to an activating group) is 1. The summed E-state index contributed by atoms with van der Waals surface area (Å²) in [4.78, 5) is 13.0. The number of benzene rings is 1. The number of nitrogens with zero attached hydrogens (tertiary/aromatic N) is 1. The van der Waals surface area contributed by atoms with Gasteiger partial charge in [-0.15, -0.1) is 0 Å². The monoisotopic (exact) mass is 317 g/mol. The molecule has 0 aliphatic heterocycles. The van der Waals surface area contributed by atoms with E-state index >= 15 is 0 Å². The van der Waals surface area contributed by atoms with Crippen LogP contribution in [0.25, 0.3) is 0 Å². The molecule has 18 heavy (non-hydrogen) atoms. The topological polar surface area (TPSA) is 40.5 Å². The molecular formula is C13H17BrFNO2. The molecule has 0 aromatic heterocycles. The standard InChI is InChI=1S/C13H17BrFNO2/c1-8(16(4)13(2,3)12(17)18)10-6-5-9(15)7-11(10)14/h5-8H,1-4H3,(H,17,18). The van der Waals surface area contributed by atoms with Crippen molar-refractivity contribution in [1.29, 1.82) is 0 Å². The van der Waals surface area contributed by atoms with Crippen LogP contribution in [0.4, 0.5) is 4.39 Å². The molecule has 1 N–H and O–H groups in total. The maximum absolute atomic E-state index is 13.0. The van der Waals surface area contributed by atoms with Crippen LogP contribution in [-0.4, -0.2) is 28.6 Å². The molecule has 0 heterocycles. The quantitative estimate of drug-likeness (QED) is 0.924. The summed E-state index contributed by atoms with van der Waals surface area (Å²) in [5, 5.41) is 9.21. The lowest BCUT2D eigenvalue weighted by molar-refractivity contribution is -0.149. The third kappa shape index (κ3) is 2.90. The van der Waals surface area contributed by atoms with E-state index in [0.29, 0.717) is 4.47 Å². The van der Waals surface area contributed by atoms with Crippen LogP contribution in [0.5, 0.6) is 0 Å². The zero-order valence-corrected chi connectivity index (χ0v) is 12.5. The second-order valence-corrected chi connectivity index (χ2v) is 5.67. The van der Waals surface area contributed by atoms with Crippen LogP contribution in [0, 0.1) is 5.82 Å². The second kappa shape index (κ2) is 5.36. The predicted molar refractivity (Wildman–Crippen MR) is 72.0 cm³/mol. The van der Waals surface area contributed by atoms with E-state index < -0.39 is 11.5 Å². The van der Waals surface area contributed by atoms with Crippen molar-refractivity contribution in [2.24, 2.45) is 0 Å². The molecule has 1 aromatic rings.